The first-order chi connectivity index (χ1) is 13.0. The third kappa shape index (κ3) is 3.42. The Labute approximate surface area is 160 Å². The van der Waals surface area contributed by atoms with Crippen molar-refractivity contribution in [1.29, 1.82) is 0 Å². The van der Waals surface area contributed by atoms with Crippen molar-refractivity contribution in [3.05, 3.63) is 47.0 Å². The van der Waals surface area contributed by atoms with Gasteiger partial charge in [-0.3, -0.25) is 0 Å². The second-order valence-electron chi connectivity index (χ2n) is 6.72. The highest BCUT2D eigenvalue weighted by atomic mass is 16.5. The van der Waals surface area contributed by atoms with E-state index in [1.807, 2.05) is 24.3 Å². The van der Waals surface area contributed by atoms with Gasteiger partial charge in [-0.25, -0.2) is 0 Å². The third-order valence-corrected chi connectivity index (χ3v) is 5.06. The van der Waals surface area contributed by atoms with Crippen LogP contribution in [-0.4, -0.2) is 28.4 Å². The van der Waals surface area contributed by atoms with Gasteiger partial charge < -0.3 is 24.7 Å². The summed E-state index contributed by atoms with van der Waals surface area (Å²) in [4.78, 5) is 0. The van der Waals surface area contributed by atoms with Crippen LogP contribution < -0.4 is 24.7 Å². The van der Waals surface area contributed by atoms with E-state index in [1.54, 1.807) is 28.4 Å². The minimum atomic E-state index is 0.414. The van der Waals surface area contributed by atoms with Gasteiger partial charge in [0.05, 0.1) is 34.1 Å². The number of anilines is 1. The van der Waals surface area contributed by atoms with Crippen LogP contribution in [0.1, 0.15) is 30.0 Å². The number of allylic oxidation sites excluding steroid dienone is 1. The normalized spacial score (nSPS) is 16.0. The molecule has 1 aliphatic rings. The maximum atomic E-state index is 6.17. The first-order valence-electron chi connectivity index (χ1n) is 9.01. The van der Waals surface area contributed by atoms with Gasteiger partial charge in [0.25, 0.3) is 0 Å². The van der Waals surface area contributed by atoms with Gasteiger partial charge >= 0.3 is 0 Å². The number of hydrogen-bond donors (Lipinski definition) is 1. The molecule has 0 spiro atoms. The van der Waals surface area contributed by atoms with Gasteiger partial charge in [-0.15, -0.1) is 0 Å². The van der Waals surface area contributed by atoms with Crippen LogP contribution in [0.25, 0.3) is 5.57 Å². The second kappa shape index (κ2) is 7.82. The highest BCUT2D eigenvalue weighted by Gasteiger charge is 2.25. The molecule has 2 aromatic carbocycles. The zero-order valence-electron chi connectivity index (χ0n) is 16.6. The molecule has 0 saturated carbocycles. The SMILES string of the molecule is COc1ccc(C2=CC(C)CCc3c2cc(OC)c(OC)c3OC)cc1N. The van der Waals surface area contributed by atoms with Crippen molar-refractivity contribution in [2.75, 3.05) is 34.2 Å². The molecule has 2 N–H and O–H groups in total. The number of rotatable bonds is 5. The largest absolute Gasteiger partial charge is 0.495 e. The Bertz CT molecular complexity index is 873. The summed E-state index contributed by atoms with van der Waals surface area (Å²) >= 11 is 0. The summed E-state index contributed by atoms with van der Waals surface area (Å²) in [6, 6.07) is 7.92. The van der Waals surface area contributed by atoms with Crippen LogP contribution in [-0.2, 0) is 6.42 Å². The molecular weight excluding hydrogens is 342 g/mol. The summed E-state index contributed by atoms with van der Waals surface area (Å²) in [5.41, 5.74) is 11.1. The lowest BCUT2D eigenvalue weighted by Crippen LogP contribution is -2.03. The maximum absolute atomic E-state index is 6.17. The van der Waals surface area contributed by atoms with E-state index in [0.717, 1.165) is 40.9 Å². The third-order valence-electron chi connectivity index (χ3n) is 5.06. The molecule has 0 radical (unpaired) electrons. The minimum Gasteiger partial charge on any atom is -0.495 e. The van der Waals surface area contributed by atoms with E-state index in [-0.39, 0.29) is 0 Å². The topological polar surface area (TPSA) is 62.9 Å². The number of benzene rings is 2. The summed E-state index contributed by atoms with van der Waals surface area (Å²) in [6.07, 6.45) is 4.21. The highest BCUT2D eigenvalue weighted by Crippen LogP contribution is 2.47. The molecule has 144 valence electrons. The monoisotopic (exact) mass is 369 g/mol. The van der Waals surface area contributed by atoms with Gasteiger partial charge in [0.1, 0.15) is 5.75 Å². The van der Waals surface area contributed by atoms with E-state index < -0.39 is 0 Å². The Hall–Kier alpha value is -2.82. The van der Waals surface area contributed by atoms with Crippen molar-refractivity contribution in [2.24, 2.45) is 5.92 Å². The first kappa shape index (κ1) is 19.0. The van der Waals surface area contributed by atoms with Gasteiger partial charge in [0, 0.05) is 5.56 Å². The van der Waals surface area contributed by atoms with Crippen LogP contribution in [0.2, 0.25) is 0 Å². The molecular formula is C22H27NO4. The molecule has 0 aromatic heterocycles. The molecule has 5 heteroatoms. The molecule has 0 bridgehead atoms. The van der Waals surface area contributed by atoms with Crippen LogP contribution in [0.3, 0.4) is 0 Å². The molecule has 27 heavy (non-hydrogen) atoms. The van der Waals surface area contributed by atoms with E-state index in [9.17, 15) is 0 Å². The maximum Gasteiger partial charge on any atom is 0.203 e. The molecule has 2 aromatic rings. The zero-order valence-corrected chi connectivity index (χ0v) is 16.6. The summed E-state index contributed by atoms with van der Waals surface area (Å²) in [5, 5.41) is 0. The van der Waals surface area contributed by atoms with E-state index >= 15 is 0 Å². The van der Waals surface area contributed by atoms with E-state index in [1.165, 1.54) is 0 Å². The highest BCUT2D eigenvalue weighted by molar-refractivity contribution is 5.86. The molecule has 5 nitrogen and oxygen atoms in total. The molecule has 0 amide bonds. The van der Waals surface area contributed by atoms with E-state index in [4.69, 9.17) is 24.7 Å². The smallest absolute Gasteiger partial charge is 0.203 e. The average Bonchev–Trinajstić information content (AvgIpc) is 2.85. The van der Waals surface area contributed by atoms with Gasteiger partial charge in [-0.05, 0) is 53.7 Å². The fraction of sp³-hybridized carbons (Fsp3) is 0.364. The Kier molecular flexibility index (Phi) is 5.49. The lowest BCUT2D eigenvalue weighted by Gasteiger charge is -2.20. The van der Waals surface area contributed by atoms with Crippen LogP contribution in [0, 0.1) is 5.92 Å². The predicted octanol–water partition coefficient (Wildman–Crippen LogP) is 4.32. The van der Waals surface area contributed by atoms with Gasteiger partial charge in [-0.1, -0.05) is 19.1 Å². The molecule has 1 atom stereocenters. The van der Waals surface area contributed by atoms with Crippen molar-refractivity contribution < 1.29 is 18.9 Å². The molecule has 1 unspecified atom stereocenters. The van der Waals surface area contributed by atoms with Crippen molar-refractivity contribution in [3.8, 4) is 23.0 Å². The number of nitrogen functional groups attached to an aromatic ring is 1. The van der Waals surface area contributed by atoms with Crippen LogP contribution >= 0.6 is 0 Å². The van der Waals surface area contributed by atoms with Crippen molar-refractivity contribution in [3.63, 3.8) is 0 Å². The van der Waals surface area contributed by atoms with Crippen LogP contribution in [0.5, 0.6) is 23.0 Å². The quantitative estimate of drug-likeness (QED) is 0.796. The lowest BCUT2D eigenvalue weighted by atomic mass is 9.92. The summed E-state index contributed by atoms with van der Waals surface area (Å²) in [5.74, 6) is 3.09. The average molecular weight is 369 g/mol. The Morgan fingerprint density at radius 1 is 0.889 bits per heavy atom. The Morgan fingerprint density at radius 3 is 2.19 bits per heavy atom. The van der Waals surface area contributed by atoms with Crippen molar-refractivity contribution in [2.45, 2.75) is 19.8 Å². The van der Waals surface area contributed by atoms with Crippen LogP contribution in [0.15, 0.2) is 30.3 Å². The van der Waals surface area contributed by atoms with Gasteiger partial charge in [-0.2, -0.15) is 0 Å². The summed E-state index contributed by atoms with van der Waals surface area (Å²) < 4.78 is 22.2. The zero-order chi connectivity index (χ0) is 19.6. The van der Waals surface area contributed by atoms with Gasteiger partial charge in [0.2, 0.25) is 5.75 Å². The fourth-order valence-electron chi connectivity index (χ4n) is 3.69. The lowest BCUT2D eigenvalue weighted by molar-refractivity contribution is 0.321. The number of methoxy groups -OCH3 is 4. The summed E-state index contributed by atoms with van der Waals surface area (Å²) in [7, 11) is 6.56. The first-order valence-corrected chi connectivity index (χ1v) is 9.01. The molecule has 0 aliphatic heterocycles. The predicted molar refractivity (Wildman–Crippen MR) is 108 cm³/mol. The van der Waals surface area contributed by atoms with Crippen molar-refractivity contribution in [1.82, 2.24) is 0 Å². The summed E-state index contributed by atoms with van der Waals surface area (Å²) in [6.45, 7) is 2.22. The number of nitrogens with two attached hydrogens (primary N) is 1. The Balaban J connectivity index is 2.26. The molecule has 0 saturated heterocycles. The second-order valence-corrected chi connectivity index (χ2v) is 6.72. The number of fused-ring (bicyclic) bond motifs is 1. The Morgan fingerprint density at radius 2 is 1.59 bits per heavy atom. The van der Waals surface area contributed by atoms with Crippen LogP contribution in [0.4, 0.5) is 5.69 Å². The van der Waals surface area contributed by atoms with E-state index in [0.29, 0.717) is 28.9 Å². The van der Waals surface area contributed by atoms with Crippen molar-refractivity contribution >= 4 is 11.3 Å². The van der Waals surface area contributed by atoms with E-state index in [2.05, 4.69) is 13.0 Å². The molecule has 1 aliphatic carbocycles. The fourth-order valence-corrected chi connectivity index (χ4v) is 3.69. The number of ether oxygens (including phenoxy) is 4. The van der Waals surface area contributed by atoms with Gasteiger partial charge in [0.15, 0.2) is 11.5 Å². The molecule has 0 heterocycles. The standard InChI is InChI=1S/C22H27NO4/c1-13-6-8-15-17(12-20(25-3)22(27-5)21(15)26-4)16(10-13)14-7-9-19(24-2)18(23)11-14/h7,9-13H,6,8,23H2,1-5H3. The minimum absolute atomic E-state index is 0.414. The number of hydrogen-bond acceptors (Lipinski definition) is 5. The molecule has 0 fully saturated rings. The molecule has 3 rings (SSSR count).